The third-order valence-corrected chi connectivity index (χ3v) is 5.18. The van der Waals surface area contributed by atoms with Gasteiger partial charge in [0.25, 0.3) is 0 Å². The highest BCUT2D eigenvalue weighted by atomic mass is 16.5. The molecular formula is C16H25NO4. The molecular weight excluding hydrogens is 270 g/mol. The minimum Gasteiger partial charge on any atom is -0.481 e. The lowest BCUT2D eigenvalue weighted by Gasteiger charge is -2.29. The summed E-state index contributed by atoms with van der Waals surface area (Å²) in [5.41, 5.74) is 0. The molecule has 1 N–H and O–H groups in total. The molecule has 3 fully saturated rings. The van der Waals surface area contributed by atoms with Crippen molar-refractivity contribution in [3.8, 4) is 0 Å². The van der Waals surface area contributed by atoms with E-state index in [1.54, 1.807) is 0 Å². The summed E-state index contributed by atoms with van der Waals surface area (Å²) >= 11 is 0. The van der Waals surface area contributed by atoms with E-state index in [1.807, 2.05) is 4.90 Å². The number of carboxylic acid groups (broad SMARTS) is 1. The maximum Gasteiger partial charge on any atom is 0.307 e. The van der Waals surface area contributed by atoms with Gasteiger partial charge in [-0.2, -0.15) is 0 Å². The number of hydrogen-bond donors (Lipinski definition) is 1. The highest BCUT2D eigenvalue weighted by Crippen LogP contribution is 2.40. The molecule has 5 nitrogen and oxygen atoms in total. The van der Waals surface area contributed by atoms with E-state index in [4.69, 9.17) is 4.74 Å². The molecule has 21 heavy (non-hydrogen) atoms. The average molecular weight is 295 g/mol. The topological polar surface area (TPSA) is 66.8 Å². The Balaban J connectivity index is 1.69. The number of nitrogens with zero attached hydrogens (tertiary/aromatic N) is 1. The van der Waals surface area contributed by atoms with Crippen LogP contribution in [0.1, 0.15) is 39.0 Å². The SMILES string of the molecule is CC1C[C@H](C(=O)N(CC2CCOC2)C2CC2)[C@H](C(=O)O)C1. The first-order chi connectivity index (χ1) is 10.1. The Bertz CT molecular complexity index is 415. The van der Waals surface area contributed by atoms with E-state index in [2.05, 4.69) is 6.92 Å². The molecule has 0 aromatic rings. The number of ether oxygens (including phenoxy) is 1. The molecule has 0 bridgehead atoms. The predicted octanol–water partition coefficient (Wildman–Crippen LogP) is 1.76. The molecule has 118 valence electrons. The predicted molar refractivity (Wildman–Crippen MR) is 76.7 cm³/mol. The van der Waals surface area contributed by atoms with Gasteiger partial charge in [0.1, 0.15) is 0 Å². The second kappa shape index (κ2) is 5.95. The fourth-order valence-electron chi connectivity index (χ4n) is 3.86. The standard InChI is InChI=1S/C16H25NO4/c1-10-6-13(14(7-10)16(19)20)15(18)17(12-2-3-12)8-11-4-5-21-9-11/h10-14H,2-9H2,1H3,(H,19,20)/t10?,11?,13-,14+/m0/s1. The zero-order valence-corrected chi connectivity index (χ0v) is 12.7. The molecule has 0 aromatic heterocycles. The van der Waals surface area contributed by atoms with Gasteiger partial charge in [-0.05, 0) is 38.0 Å². The third-order valence-electron chi connectivity index (χ3n) is 5.18. The second-order valence-electron chi connectivity index (χ2n) is 7.08. The molecule has 2 saturated carbocycles. The van der Waals surface area contributed by atoms with Gasteiger partial charge in [0.2, 0.25) is 5.91 Å². The molecule has 2 unspecified atom stereocenters. The summed E-state index contributed by atoms with van der Waals surface area (Å²) in [6.45, 7) is 4.33. The molecule has 4 atom stereocenters. The zero-order chi connectivity index (χ0) is 15.0. The Kier molecular flexibility index (Phi) is 4.20. The van der Waals surface area contributed by atoms with Gasteiger partial charge in [0.15, 0.2) is 0 Å². The van der Waals surface area contributed by atoms with Gasteiger partial charge < -0.3 is 14.7 Å². The Labute approximate surface area is 125 Å². The Morgan fingerprint density at radius 2 is 1.90 bits per heavy atom. The monoisotopic (exact) mass is 295 g/mol. The average Bonchev–Trinajstić information content (AvgIpc) is 2.99. The Hall–Kier alpha value is -1.10. The van der Waals surface area contributed by atoms with E-state index in [0.29, 0.717) is 24.3 Å². The van der Waals surface area contributed by atoms with E-state index < -0.39 is 11.9 Å². The van der Waals surface area contributed by atoms with Gasteiger partial charge in [-0.25, -0.2) is 0 Å². The van der Waals surface area contributed by atoms with Gasteiger partial charge in [0.05, 0.1) is 18.4 Å². The van der Waals surface area contributed by atoms with Gasteiger partial charge >= 0.3 is 5.97 Å². The number of carboxylic acids is 1. The van der Waals surface area contributed by atoms with Crippen LogP contribution in [0.2, 0.25) is 0 Å². The van der Waals surface area contributed by atoms with Gasteiger partial charge in [-0.1, -0.05) is 6.92 Å². The van der Waals surface area contributed by atoms with Crippen molar-refractivity contribution < 1.29 is 19.4 Å². The van der Waals surface area contributed by atoms with Crippen LogP contribution in [0, 0.1) is 23.7 Å². The molecule has 0 spiro atoms. The van der Waals surface area contributed by atoms with Crippen molar-refractivity contribution in [2.75, 3.05) is 19.8 Å². The van der Waals surface area contributed by atoms with Crippen LogP contribution < -0.4 is 0 Å². The molecule has 3 aliphatic rings. The molecule has 2 aliphatic carbocycles. The van der Waals surface area contributed by atoms with E-state index >= 15 is 0 Å². The van der Waals surface area contributed by atoms with Crippen molar-refractivity contribution in [3.05, 3.63) is 0 Å². The highest BCUT2D eigenvalue weighted by molar-refractivity contribution is 5.85. The van der Waals surface area contributed by atoms with Crippen molar-refractivity contribution in [2.45, 2.75) is 45.1 Å². The first-order valence-electron chi connectivity index (χ1n) is 8.17. The van der Waals surface area contributed by atoms with Crippen LogP contribution in [0.3, 0.4) is 0 Å². The maximum absolute atomic E-state index is 12.9. The van der Waals surface area contributed by atoms with E-state index in [0.717, 1.165) is 45.4 Å². The fraction of sp³-hybridized carbons (Fsp3) is 0.875. The van der Waals surface area contributed by atoms with Gasteiger partial charge in [0, 0.05) is 25.1 Å². The van der Waals surface area contributed by atoms with Crippen LogP contribution in [0.25, 0.3) is 0 Å². The van der Waals surface area contributed by atoms with E-state index in [9.17, 15) is 14.7 Å². The minimum absolute atomic E-state index is 0.0844. The summed E-state index contributed by atoms with van der Waals surface area (Å²) in [6, 6.07) is 0.350. The largest absolute Gasteiger partial charge is 0.481 e. The first-order valence-corrected chi connectivity index (χ1v) is 8.17. The Morgan fingerprint density at radius 3 is 2.48 bits per heavy atom. The van der Waals surface area contributed by atoms with Crippen LogP contribution >= 0.6 is 0 Å². The highest BCUT2D eigenvalue weighted by Gasteiger charge is 2.45. The fourth-order valence-corrected chi connectivity index (χ4v) is 3.86. The van der Waals surface area contributed by atoms with Crippen LogP contribution in [0.15, 0.2) is 0 Å². The second-order valence-corrected chi connectivity index (χ2v) is 7.08. The minimum atomic E-state index is -0.808. The van der Waals surface area contributed by atoms with Crippen molar-refractivity contribution in [1.82, 2.24) is 4.90 Å². The molecule has 1 aliphatic heterocycles. The summed E-state index contributed by atoms with van der Waals surface area (Å²) < 4.78 is 5.41. The van der Waals surface area contributed by atoms with Crippen molar-refractivity contribution >= 4 is 11.9 Å². The lowest BCUT2D eigenvalue weighted by Crippen LogP contribution is -2.43. The van der Waals surface area contributed by atoms with Crippen molar-refractivity contribution in [1.29, 1.82) is 0 Å². The van der Waals surface area contributed by atoms with Crippen LogP contribution in [-0.4, -0.2) is 47.7 Å². The van der Waals surface area contributed by atoms with Crippen molar-refractivity contribution in [3.63, 3.8) is 0 Å². The lowest BCUT2D eigenvalue weighted by atomic mass is 9.94. The Morgan fingerprint density at radius 1 is 1.19 bits per heavy atom. The van der Waals surface area contributed by atoms with Crippen LogP contribution in [0.4, 0.5) is 0 Å². The van der Waals surface area contributed by atoms with Gasteiger partial charge in [-0.3, -0.25) is 9.59 Å². The summed E-state index contributed by atoms with van der Waals surface area (Å²) in [5, 5.41) is 9.38. The number of rotatable bonds is 5. The van der Waals surface area contributed by atoms with Crippen LogP contribution in [-0.2, 0) is 14.3 Å². The normalized spacial score (nSPS) is 35.9. The molecule has 1 heterocycles. The lowest BCUT2D eigenvalue weighted by molar-refractivity contribution is -0.149. The molecule has 0 aromatic carbocycles. The van der Waals surface area contributed by atoms with Gasteiger partial charge in [-0.15, -0.1) is 0 Å². The number of carbonyl (C=O) groups excluding carboxylic acids is 1. The number of amides is 1. The quantitative estimate of drug-likeness (QED) is 0.839. The molecule has 1 saturated heterocycles. The first kappa shape index (κ1) is 14.8. The van der Waals surface area contributed by atoms with Crippen molar-refractivity contribution in [2.24, 2.45) is 23.7 Å². The maximum atomic E-state index is 12.9. The third kappa shape index (κ3) is 3.23. The molecule has 5 heteroatoms. The summed E-state index contributed by atoms with van der Waals surface area (Å²) in [6.07, 6.45) is 4.51. The number of hydrogen-bond acceptors (Lipinski definition) is 3. The molecule has 3 rings (SSSR count). The zero-order valence-electron chi connectivity index (χ0n) is 12.7. The summed E-state index contributed by atoms with van der Waals surface area (Å²) in [4.78, 5) is 26.3. The summed E-state index contributed by atoms with van der Waals surface area (Å²) in [5.74, 6) is -0.777. The number of carbonyl (C=O) groups is 2. The molecule has 1 amide bonds. The smallest absolute Gasteiger partial charge is 0.307 e. The van der Waals surface area contributed by atoms with E-state index in [1.165, 1.54) is 0 Å². The number of aliphatic carboxylic acids is 1. The molecule has 0 radical (unpaired) electrons. The summed E-state index contributed by atoms with van der Waals surface area (Å²) in [7, 11) is 0. The van der Waals surface area contributed by atoms with Crippen LogP contribution in [0.5, 0.6) is 0 Å². The van der Waals surface area contributed by atoms with E-state index in [-0.39, 0.29) is 11.8 Å².